The largest absolute Gasteiger partial charge is 0.359 e. The minimum atomic E-state index is 0.156. The Labute approximate surface area is 122 Å². The van der Waals surface area contributed by atoms with Gasteiger partial charge in [-0.05, 0) is 24.1 Å². The van der Waals surface area contributed by atoms with Crippen LogP contribution in [-0.4, -0.2) is 21.9 Å². The maximum atomic E-state index is 5.85. The molecule has 1 unspecified atom stereocenters. The van der Waals surface area contributed by atoms with Crippen molar-refractivity contribution >= 4 is 28.3 Å². The van der Waals surface area contributed by atoms with Gasteiger partial charge in [0.1, 0.15) is 5.82 Å². The third-order valence-corrected chi connectivity index (χ3v) is 3.75. The van der Waals surface area contributed by atoms with E-state index in [0.717, 1.165) is 40.9 Å². The van der Waals surface area contributed by atoms with Crippen LogP contribution in [0.3, 0.4) is 0 Å². The number of benzene rings is 1. The van der Waals surface area contributed by atoms with Gasteiger partial charge in [0.25, 0.3) is 0 Å². The molecule has 0 aliphatic carbocycles. The summed E-state index contributed by atoms with van der Waals surface area (Å²) in [5, 5.41) is 4.78. The highest BCUT2D eigenvalue weighted by Gasteiger charge is 2.06. The first kappa shape index (κ1) is 14.2. The van der Waals surface area contributed by atoms with Gasteiger partial charge in [0, 0.05) is 35.6 Å². The predicted octanol–water partition coefficient (Wildman–Crippen LogP) is 2.93. The molecule has 1 aromatic carbocycles. The summed E-state index contributed by atoms with van der Waals surface area (Å²) in [4.78, 5) is 4.44. The fourth-order valence-electron chi connectivity index (χ4n) is 1.55. The van der Waals surface area contributed by atoms with Gasteiger partial charge in [-0.3, -0.25) is 0 Å². The van der Waals surface area contributed by atoms with Crippen molar-refractivity contribution in [2.24, 2.45) is 5.73 Å². The van der Waals surface area contributed by atoms with Crippen molar-refractivity contribution in [3.05, 3.63) is 40.7 Å². The first-order chi connectivity index (χ1) is 9.17. The number of nitrogens with one attached hydrogen (secondary N) is 1. The van der Waals surface area contributed by atoms with Gasteiger partial charge < -0.3 is 11.1 Å². The molecule has 3 N–H and O–H groups in total. The first-order valence-corrected chi connectivity index (χ1v) is 7.39. The van der Waals surface area contributed by atoms with Crippen LogP contribution in [0.1, 0.15) is 24.7 Å². The summed E-state index contributed by atoms with van der Waals surface area (Å²) in [5.74, 6) is 0.819. The van der Waals surface area contributed by atoms with E-state index in [9.17, 15) is 0 Å². The lowest BCUT2D eigenvalue weighted by molar-refractivity contribution is 0.679. The molecule has 0 spiro atoms. The van der Waals surface area contributed by atoms with Crippen molar-refractivity contribution in [1.82, 2.24) is 9.36 Å². The Kier molecular flexibility index (Phi) is 5.13. The summed E-state index contributed by atoms with van der Waals surface area (Å²) in [6, 6.07) is 7.89. The molecule has 0 amide bonds. The Hall–Kier alpha value is -1.17. The zero-order chi connectivity index (χ0) is 13.7. The molecule has 1 heterocycles. The molecule has 2 rings (SSSR count). The van der Waals surface area contributed by atoms with Crippen LogP contribution >= 0.6 is 23.1 Å². The maximum Gasteiger partial charge on any atom is 0.202 e. The number of hydrogen-bond donors (Lipinski definition) is 2. The highest BCUT2D eigenvalue weighted by Crippen LogP contribution is 2.16. The third kappa shape index (κ3) is 4.45. The Morgan fingerprint density at radius 1 is 1.37 bits per heavy atom. The van der Waals surface area contributed by atoms with Gasteiger partial charge in [-0.25, -0.2) is 4.98 Å². The average molecular weight is 297 g/mol. The van der Waals surface area contributed by atoms with E-state index in [0.29, 0.717) is 0 Å². The van der Waals surface area contributed by atoms with Crippen LogP contribution in [0.15, 0.2) is 24.3 Å². The number of aromatic nitrogens is 2. The zero-order valence-corrected chi connectivity index (χ0v) is 12.3. The first-order valence-electron chi connectivity index (χ1n) is 6.24. The van der Waals surface area contributed by atoms with Crippen LogP contribution in [-0.2, 0) is 6.42 Å². The van der Waals surface area contributed by atoms with E-state index in [-0.39, 0.29) is 6.04 Å². The minimum absolute atomic E-state index is 0.156. The molecule has 19 heavy (non-hydrogen) atoms. The monoisotopic (exact) mass is 296 g/mol. The van der Waals surface area contributed by atoms with Crippen LogP contribution in [0.4, 0.5) is 5.13 Å². The molecule has 1 aromatic heterocycles. The third-order valence-electron chi connectivity index (χ3n) is 2.78. The Bertz CT molecular complexity index is 512. The van der Waals surface area contributed by atoms with Crippen LogP contribution < -0.4 is 11.1 Å². The highest BCUT2D eigenvalue weighted by molar-refractivity contribution is 7.09. The molecule has 102 valence electrons. The molecule has 2 aromatic rings. The van der Waals surface area contributed by atoms with Gasteiger partial charge in [0.05, 0.1) is 0 Å². The van der Waals surface area contributed by atoms with Gasteiger partial charge >= 0.3 is 0 Å². The summed E-state index contributed by atoms with van der Waals surface area (Å²) in [7, 11) is 0. The lowest BCUT2D eigenvalue weighted by atomic mass is 10.1. The van der Waals surface area contributed by atoms with E-state index < -0.39 is 0 Å². The molecule has 1 atom stereocenters. The number of nitrogens with zero attached hydrogens (tertiary/aromatic N) is 2. The average Bonchev–Trinajstić information content (AvgIpc) is 2.86. The quantitative estimate of drug-likeness (QED) is 0.860. The predicted molar refractivity (Wildman–Crippen MR) is 80.9 cm³/mol. The summed E-state index contributed by atoms with van der Waals surface area (Å²) >= 11 is 7.22. The number of halogens is 1. The van der Waals surface area contributed by atoms with Crippen molar-refractivity contribution in [2.45, 2.75) is 25.8 Å². The zero-order valence-electron chi connectivity index (χ0n) is 10.8. The second-order valence-corrected chi connectivity index (χ2v) is 5.56. The Morgan fingerprint density at radius 2 is 2.11 bits per heavy atom. The number of rotatable bonds is 6. The summed E-state index contributed by atoms with van der Waals surface area (Å²) < 4.78 is 4.33. The Balaban J connectivity index is 1.91. The molecule has 6 heteroatoms. The molecule has 0 bridgehead atoms. The maximum absolute atomic E-state index is 5.85. The van der Waals surface area contributed by atoms with Crippen LogP contribution in [0, 0.1) is 0 Å². The molecule has 0 radical (unpaired) electrons. The van der Waals surface area contributed by atoms with Crippen molar-refractivity contribution in [1.29, 1.82) is 0 Å². The summed E-state index contributed by atoms with van der Waals surface area (Å²) in [6.45, 7) is 2.80. The lowest BCUT2D eigenvalue weighted by Gasteiger charge is -2.07. The van der Waals surface area contributed by atoms with Gasteiger partial charge in [-0.1, -0.05) is 30.7 Å². The molecule has 0 saturated heterocycles. The normalized spacial score (nSPS) is 12.4. The second-order valence-electron chi connectivity index (χ2n) is 4.37. The number of anilines is 1. The van der Waals surface area contributed by atoms with Crippen molar-refractivity contribution in [3.8, 4) is 0 Å². The van der Waals surface area contributed by atoms with E-state index in [1.807, 2.05) is 24.3 Å². The molecular weight excluding hydrogens is 280 g/mol. The minimum Gasteiger partial charge on any atom is -0.359 e. The van der Waals surface area contributed by atoms with E-state index in [1.165, 1.54) is 11.5 Å². The smallest absolute Gasteiger partial charge is 0.202 e. The standard InChI is InChI=1S/C13H17ClN4S/c1-2-11(15)8-16-13-17-12(18-19-13)7-9-3-5-10(14)6-4-9/h3-6,11H,2,7-8,15H2,1H3,(H,16,17,18). The summed E-state index contributed by atoms with van der Waals surface area (Å²) in [5.41, 5.74) is 7.00. The molecule has 0 saturated carbocycles. The SMILES string of the molecule is CCC(N)CNc1nc(Cc2ccc(Cl)cc2)ns1. The van der Waals surface area contributed by atoms with Crippen LogP contribution in [0.25, 0.3) is 0 Å². The fourth-order valence-corrected chi connectivity index (χ4v) is 2.26. The van der Waals surface area contributed by atoms with E-state index >= 15 is 0 Å². The lowest BCUT2D eigenvalue weighted by Crippen LogP contribution is -2.27. The molecular formula is C13H17ClN4S. The summed E-state index contributed by atoms with van der Waals surface area (Å²) in [6.07, 6.45) is 1.67. The van der Waals surface area contributed by atoms with Crippen molar-refractivity contribution in [3.63, 3.8) is 0 Å². The van der Waals surface area contributed by atoms with Gasteiger partial charge in [-0.2, -0.15) is 4.37 Å². The van der Waals surface area contributed by atoms with E-state index in [4.69, 9.17) is 17.3 Å². The Morgan fingerprint density at radius 3 is 2.79 bits per heavy atom. The van der Waals surface area contributed by atoms with Gasteiger partial charge in [0.2, 0.25) is 5.13 Å². The van der Waals surface area contributed by atoms with E-state index in [1.54, 1.807) is 0 Å². The number of hydrogen-bond acceptors (Lipinski definition) is 5. The van der Waals surface area contributed by atoms with Crippen molar-refractivity contribution < 1.29 is 0 Å². The van der Waals surface area contributed by atoms with E-state index in [2.05, 4.69) is 21.6 Å². The van der Waals surface area contributed by atoms with Crippen molar-refractivity contribution in [2.75, 3.05) is 11.9 Å². The van der Waals surface area contributed by atoms with Gasteiger partial charge in [-0.15, -0.1) is 0 Å². The highest BCUT2D eigenvalue weighted by atomic mass is 35.5. The molecule has 4 nitrogen and oxygen atoms in total. The topological polar surface area (TPSA) is 63.8 Å². The molecule has 0 aliphatic heterocycles. The van der Waals surface area contributed by atoms with Crippen LogP contribution in [0.5, 0.6) is 0 Å². The van der Waals surface area contributed by atoms with Crippen LogP contribution in [0.2, 0.25) is 5.02 Å². The fraction of sp³-hybridized carbons (Fsp3) is 0.385. The molecule has 0 aliphatic rings. The number of nitrogens with two attached hydrogens (primary N) is 1. The molecule has 0 fully saturated rings. The second kappa shape index (κ2) is 6.84. The van der Waals surface area contributed by atoms with Gasteiger partial charge in [0.15, 0.2) is 0 Å².